The van der Waals surface area contributed by atoms with Crippen LogP contribution in [-0.2, 0) is 17.7 Å². The maximum Gasteiger partial charge on any atom is 0.0599 e. The van der Waals surface area contributed by atoms with Gasteiger partial charge in [-0.25, -0.2) is 0 Å². The first-order chi connectivity index (χ1) is 9.81. The van der Waals surface area contributed by atoms with E-state index in [1.165, 1.54) is 11.1 Å². The van der Waals surface area contributed by atoms with Crippen molar-refractivity contribution in [1.29, 1.82) is 0 Å². The van der Waals surface area contributed by atoms with Crippen LogP contribution in [0.3, 0.4) is 0 Å². The van der Waals surface area contributed by atoms with Crippen molar-refractivity contribution in [3.8, 4) is 0 Å². The molecular formula is C17H28N2O. The van der Waals surface area contributed by atoms with Gasteiger partial charge < -0.3 is 10.5 Å². The first kappa shape index (κ1) is 15.5. The minimum absolute atomic E-state index is 0.445. The lowest BCUT2D eigenvalue weighted by atomic mass is 10.1. The van der Waals surface area contributed by atoms with Crippen LogP contribution in [-0.4, -0.2) is 37.2 Å². The third-order valence-corrected chi connectivity index (χ3v) is 4.07. The average molecular weight is 276 g/mol. The molecule has 0 aliphatic carbocycles. The van der Waals surface area contributed by atoms with Gasteiger partial charge in [0.1, 0.15) is 0 Å². The molecule has 0 atom stereocenters. The van der Waals surface area contributed by atoms with Crippen molar-refractivity contribution >= 4 is 0 Å². The summed E-state index contributed by atoms with van der Waals surface area (Å²) in [5.41, 5.74) is 8.32. The van der Waals surface area contributed by atoms with Gasteiger partial charge >= 0.3 is 0 Å². The predicted molar refractivity (Wildman–Crippen MR) is 83.7 cm³/mol. The minimum Gasteiger partial charge on any atom is -0.378 e. The Bertz CT molecular complexity index is 369. The molecule has 1 aliphatic rings. The molecule has 1 aliphatic heterocycles. The van der Waals surface area contributed by atoms with Gasteiger partial charge in [0.25, 0.3) is 0 Å². The van der Waals surface area contributed by atoms with Crippen molar-refractivity contribution in [2.45, 2.75) is 45.3 Å². The van der Waals surface area contributed by atoms with E-state index in [2.05, 4.69) is 36.1 Å². The van der Waals surface area contributed by atoms with Crippen molar-refractivity contribution in [2.75, 3.05) is 26.2 Å². The summed E-state index contributed by atoms with van der Waals surface area (Å²) in [4.78, 5) is 2.53. The average Bonchev–Trinajstić information content (AvgIpc) is 2.50. The van der Waals surface area contributed by atoms with Crippen LogP contribution in [0.4, 0.5) is 0 Å². The Morgan fingerprint density at radius 1 is 1.15 bits per heavy atom. The number of benzene rings is 1. The van der Waals surface area contributed by atoms with E-state index in [-0.39, 0.29) is 0 Å². The Balaban J connectivity index is 1.70. The zero-order chi connectivity index (χ0) is 14.2. The van der Waals surface area contributed by atoms with Crippen molar-refractivity contribution < 1.29 is 4.74 Å². The molecule has 1 aromatic carbocycles. The van der Waals surface area contributed by atoms with E-state index in [1.807, 2.05) is 0 Å². The van der Waals surface area contributed by atoms with E-state index in [9.17, 15) is 0 Å². The lowest BCUT2D eigenvalue weighted by Crippen LogP contribution is -2.36. The second kappa shape index (κ2) is 8.40. The summed E-state index contributed by atoms with van der Waals surface area (Å²) in [6, 6.07) is 9.03. The maximum atomic E-state index is 5.85. The molecule has 3 heteroatoms. The van der Waals surface area contributed by atoms with Crippen LogP contribution < -0.4 is 5.73 Å². The lowest BCUT2D eigenvalue weighted by Gasteiger charge is -2.32. The number of ether oxygens (including phenoxy) is 1. The smallest absolute Gasteiger partial charge is 0.0599 e. The first-order valence-electron chi connectivity index (χ1n) is 7.93. The molecule has 1 saturated heterocycles. The fourth-order valence-corrected chi connectivity index (χ4v) is 2.71. The topological polar surface area (TPSA) is 38.5 Å². The van der Waals surface area contributed by atoms with E-state index in [0.29, 0.717) is 6.10 Å². The molecule has 1 aromatic rings. The summed E-state index contributed by atoms with van der Waals surface area (Å²) in [7, 11) is 0. The highest BCUT2D eigenvalue weighted by atomic mass is 16.5. The maximum absolute atomic E-state index is 5.85. The molecule has 20 heavy (non-hydrogen) atoms. The molecule has 1 fully saturated rings. The summed E-state index contributed by atoms with van der Waals surface area (Å²) < 4.78 is 5.85. The van der Waals surface area contributed by atoms with Crippen molar-refractivity contribution in [3.63, 3.8) is 0 Å². The number of nitrogens with zero attached hydrogens (tertiary/aromatic N) is 1. The highest BCUT2D eigenvalue weighted by molar-refractivity contribution is 5.22. The molecule has 2 N–H and O–H groups in total. The number of hydrogen-bond donors (Lipinski definition) is 1. The summed E-state index contributed by atoms with van der Waals surface area (Å²) in [6.07, 6.45) is 4.84. The van der Waals surface area contributed by atoms with Crippen LogP contribution in [0.2, 0.25) is 0 Å². The van der Waals surface area contributed by atoms with E-state index >= 15 is 0 Å². The van der Waals surface area contributed by atoms with Crippen LogP contribution in [0.1, 0.15) is 37.3 Å². The van der Waals surface area contributed by atoms with Crippen LogP contribution in [0.5, 0.6) is 0 Å². The summed E-state index contributed by atoms with van der Waals surface area (Å²) in [5.74, 6) is 0. The van der Waals surface area contributed by atoms with E-state index < -0.39 is 0 Å². The molecule has 0 amide bonds. The number of piperidine rings is 1. The highest BCUT2D eigenvalue weighted by Crippen LogP contribution is 2.17. The molecule has 1 heterocycles. The van der Waals surface area contributed by atoms with Crippen molar-refractivity contribution in [3.05, 3.63) is 35.4 Å². The van der Waals surface area contributed by atoms with Gasteiger partial charge in [0.2, 0.25) is 0 Å². The molecule has 2 rings (SSSR count). The van der Waals surface area contributed by atoms with E-state index in [1.54, 1.807) is 0 Å². The fourth-order valence-electron chi connectivity index (χ4n) is 2.71. The molecule has 3 nitrogen and oxygen atoms in total. The van der Waals surface area contributed by atoms with Gasteiger partial charge in [-0.2, -0.15) is 0 Å². The molecule has 0 bridgehead atoms. The van der Waals surface area contributed by atoms with Gasteiger partial charge in [-0.15, -0.1) is 0 Å². The SMILES string of the molecule is CCc1ccc(CN2CCC(OCCCN)CC2)cc1. The highest BCUT2D eigenvalue weighted by Gasteiger charge is 2.19. The van der Waals surface area contributed by atoms with Crippen LogP contribution in [0, 0.1) is 0 Å². The monoisotopic (exact) mass is 276 g/mol. The second-order valence-electron chi connectivity index (χ2n) is 5.66. The van der Waals surface area contributed by atoms with Crippen molar-refractivity contribution in [1.82, 2.24) is 4.90 Å². The third-order valence-electron chi connectivity index (χ3n) is 4.07. The summed E-state index contributed by atoms with van der Waals surface area (Å²) >= 11 is 0. The fraction of sp³-hybridized carbons (Fsp3) is 0.647. The number of aryl methyl sites for hydroxylation is 1. The van der Waals surface area contributed by atoms with Gasteiger partial charge in [0.15, 0.2) is 0 Å². The third kappa shape index (κ3) is 4.89. The molecule has 0 aromatic heterocycles. The zero-order valence-electron chi connectivity index (χ0n) is 12.7. The summed E-state index contributed by atoms with van der Waals surface area (Å²) in [6.45, 7) is 7.10. The molecular weight excluding hydrogens is 248 g/mol. The quantitative estimate of drug-likeness (QED) is 0.778. The number of nitrogens with two attached hydrogens (primary N) is 1. The zero-order valence-corrected chi connectivity index (χ0v) is 12.7. The Morgan fingerprint density at radius 3 is 2.40 bits per heavy atom. The predicted octanol–water partition coefficient (Wildman–Crippen LogP) is 2.58. The van der Waals surface area contributed by atoms with Gasteiger partial charge in [0.05, 0.1) is 6.10 Å². The van der Waals surface area contributed by atoms with Gasteiger partial charge in [0, 0.05) is 26.2 Å². The normalized spacial score (nSPS) is 17.5. The number of rotatable bonds is 7. The minimum atomic E-state index is 0.445. The Labute approximate surface area is 123 Å². The number of likely N-dealkylation sites (tertiary alicyclic amines) is 1. The summed E-state index contributed by atoms with van der Waals surface area (Å²) in [5, 5.41) is 0. The Hall–Kier alpha value is -0.900. The van der Waals surface area contributed by atoms with E-state index in [4.69, 9.17) is 10.5 Å². The van der Waals surface area contributed by atoms with Crippen molar-refractivity contribution in [2.24, 2.45) is 5.73 Å². The van der Waals surface area contributed by atoms with E-state index in [0.717, 1.165) is 58.5 Å². The van der Waals surface area contributed by atoms with Gasteiger partial charge in [-0.05, 0) is 43.4 Å². The van der Waals surface area contributed by atoms with Gasteiger partial charge in [-0.1, -0.05) is 31.2 Å². The Kier molecular flexibility index (Phi) is 6.51. The molecule has 0 saturated carbocycles. The molecule has 112 valence electrons. The van der Waals surface area contributed by atoms with Crippen LogP contribution in [0.15, 0.2) is 24.3 Å². The van der Waals surface area contributed by atoms with Crippen LogP contribution in [0.25, 0.3) is 0 Å². The molecule has 0 unspecified atom stereocenters. The Morgan fingerprint density at radius 2 is 1.80 bits per heavy atom. The second-order valence-corrected chi connectivity index (χ2v) is 5.66. The first-order valence-corrected chi connectivity index (χ1v) is 7.93. The standard InChI is InChI=1S/C17H28N2O/c1-2-15-4-6-16(7-5-15)14-19-11-8-17(9-12-19)20-13-3-10-18/h4-7,17H,2-3,8-14,18H2,1H3. The largest absolute Gasteiger partial charge is 0.378 e. The molecule has 0 radical (unpaired) electrons. The number of hydrogen-bond acceptors (Lipinski definition) is 3. The van der Waals surface area contributed by atoms with Gasteiger partial charge in [-0.3, -0.25) is 4.90 Å². The lowest BCUT2D eigenvalue weighted by molar-refractivity contribution is 0.00563. The molecule has 0 spiro atoms. The van der Waals surface area contributed by atoms with Crippen LogP contribution >= 0.6 is 0 Å².